The first kappa shape index (κ1) is 13.9. The van der Waals surface area contributed by atoms with E-state index in [0.29, 0.717) is 38.5 Å². The van der Waals surface area contributed by atoms with Crippen molar-refractivity contribution in [2.45, 2.75) is 19.4 Å². The lowest BCUT2D eigenvalue weighted by molar-refractivity contribution is -0.140. The molecule has 0 bridgehead atoms. The Labute approximate surface area is 112 Å². The molecular weight excluding hydrogens is 246 g/mol. The maximum absolute atomic E-state index is 12.0. The summed E-state index contributed by atoms with van der Waals surface area (Å²) in [5.41, 5.74) is 0.899. The van der Waals surface area contributed by atoms with Crippen LogP contribution in [0.4, 0.5) is 0 Å². The summed E-state index contributed by atoms with van der Waals surface area (Å²) in [5.74, 6) is 0.729. The second-order valence-corrected chi connectivity index (χ2v) is 4.50. The fourth-order valence-corrected chi connectivity index (χ4v) is 2.00. The predicted molar refractivity (Wildman–Crippen MR) is 68.5 cm³/mol. The molecule has 1 saturated heterocycles. The Hall–Kier alpha value is -1.53. The molecule has 0 aliphatic carbocycles. The van der Waals surface area contributed by atoms with Crippen LogP contribution in [0.3, 0.4) is 0 Å². The van der Waals surface area contributed by atoms with Gasteiger partial charge in [-0.05, 0) is 13.0 Å². The number of rotatable bonds is 4. The van der Waals surface area contributed by atoms with Crippen LogP contribution < -0.4 is 0 Å². The van der Waals surface area contributed by atoms with Gasteiger partial charge in [0.05, 0.1) is 26.2 Å². The van der Waals surface area contributed by atoms with Gasteiger partial charge in [-0.3, -0.25) is 4.79 Å². The smallest absolute Gasteiger partial charge is 0.225 e. The minimum Gasteiger partial charge on any atom is -0.384 e. The summed E-state index contributed by atoms with van der Waals surface area (Å²) >= 11 is 0. The van der Waals surface area contributed by atoms with E-state index in [1.165, 1.54) is 0 Å². The van der Waals surface area contributed by atoms with E-state index in [1.54, 1.807) is 18.2 Å². The van der Waals surface area contributed by atoms with Crippen molar-refractivity contribution in [2.75, 3.05) is 33.4 Å². The lowest BCUT2D eigenvalue weighted by Gasteiger charge is -2.32. The van der Waals surface area contributed by atoms with Crippen LogP contribution in [0.15, 0.2) is 12.3 Å². The van der Waals surface area contributed by atoms with Gasteiger partial charge in [0.1, 0.15) is 6.10 Å². The normalized spacial score (nSPS) is 19.5. The molecule has 2 rings (SSSR count). The quantitative estimate of drug-likeness (QED) is 0.802. The molecule has 104 valence electrons. The highest BCUT2D eigenvalue weighted by Gasteiger charge is 2.26. The third kappa shape index (κ3) is 3.71. The molecule has 6 nitrogen and oxygen atoms in total. The number of amides is 1. The molecule has 1 amide bonds. The van der Waals surface area contributed by atoms with E-state index in [1.807, 2.05) is 13.0 Å². The molecule has 1 atom stereocenters. The van der Waals surface area contributed by atoms with Crippen molar-refractivity contribution < 1.29 is 14.3 Å². The van der Waals surface area contributed by atoms with Crippen LogP contribution in [-0.4, -0.2) is 54.2 Å². The summed E-state index contributed by atoms with van der Waals surface area (Å²) in [7, 11) is 1.59. The average molecular weight is 265 g/mol. The molecule has 2 heterocycles. The molecule has 1 fully saturated rings. The van der Waals surface area contributed by atoms with Crippen LogP contribution in [0.5, 0.6) is 0 Å². The predicted octanol–water partition coefficient (Wildman–Crippen LogP) is 0.721. The van der Waals surface area contributed by atoms with Gasteiger partial charge in [-0.25, -0.2) is 9.97 Å². The van der Waals surface area contributed by atoms with Crippen LogP contribution in [0, 0.1) is 6.92 Å². The second kappa shape index (κ2) is 6.58. The van der Waals surface area contributed by atoms with E-state index < -0.39 is 0 Å². The first-order chi connectivity index (χ1) is 9.20. The van der Waals surface area contributed by atoms with Gasteiger partial charge in [-0.15, -0.1) is 0 Å². The van der Waals surface area contributed by atoms with Crippen LogP contribution in [0.25, 0.3) is 0 Å². The Bertz CT molecular complexity index is 439. The molecule has 0 N–H and O–H groups in total. The largest absolute Gasteiger partial charge is 0.384 e. The van der Waals surface area contributed by atoms with Gasteiger partial charge in [-0.2, -0.15) is 0 Å². The zero-order chi connectivity index (χ0) is 13.7. The lowest BCUT2D eigenvalue weighted by atomic mass is 10.2. The number of nitrogens with zero attached hydrogens (tertiary/aromatic N) is 3. The Morgan fingerprint density at radius 1 is 1.63 bits per heavy atom. The van der Waals surface area contributed by atoms with Crippen molar-refractivity contribution in [1.82, 2.24) is 14.9 Å². The minimum atomic E-state index is -0.236. The number of carbonyl (C=O) groups is 1. The van der Waals surface area contributed by atoms with E-state index >= 15 is 0 Å². The first-order valence-electron chi connectivity index (χ1n) is 6.38. The fourth-order valence-electron chi connectivity index (χ4n) is 2.00. The minimum absolute atomic E-state index is 0.0859. The molecule has 0 radical (unpaired) electrons. The lowest BCUT2D eigenvalue weighted by Crippen LogP contribution is -2.43. The van der Waals surface area contributed by atoms with Gasteiger partial charge >= 0.3 is 0 Å². The molecule has 0 unspecified atom stereocenters. The molecule has 0 spiro atoms. The maximum atomic E-state index is 12.0. The number of aryl methyl sites for hydroxylation is 1. The number of carbonyl (C=O) groups excluding carboxylic acids is 1. The molecule has 1 aromatic rings. The summed E-state index contributed by atoms with van der Waals surface area (Å²) in [6, 6.07) is 1.84. The van der Waals surface area contributed by atoms with E-state index in [4.69, 9.17) is 9.47 Å². The van der Waals surface area contributed by atoms with E-state index in [9.17, 15) is 4.79 Å². The van der Waals surface area contributed by atoms with Gasteiger partial charge in [0, 0.05) is 25.5 Å². The molecule has 1 aliphatic heterocycles. The molecule has 1 aliphatic rings. The van der Waals surface area contributed by atoms with E-state index in [-0.39, 0.29) is 12.0 Å². The fraction of sp³-hybridized carbons (Fsp3) is 0.615. The zero-order valence-corrected chi connectivity index (χ0v) is 11.3. The zero-order valence-electron chi connectivity index (χ0n) is 11.3. The number of morpholine rings is 1. The average Bonchev–Trinajstić information content (AvgIpc) is 2.45. The van der Waals surface area contributed by atoms with Gasteiger partial charge < -0.3 is 14.4 Å². The van der Waals surface area contributed by atoms with Crippen LogP contribution in [0.2, 0.25) is 0 Å². The van der Waals surface area contributed by atoms with E-state index in [2.05, 4.69) is 9.97 Å². The Balaban J connectivity index is 1.99. The van der Waals surface area contributed by atoms with Crippen LogP contribution in [0.1, 0.15) is 24.0 Å². The summed E-state index contributed by atoms with van der Waals surface area (Å²) < 4.78 is 10.6. The van der Waals surface area contributed by atoms with Crippen molar-refractivity contribution >= 4 is 5.91 Å². The SMILES string of the molecule is COCCC(=O)N1CCO[C@@H](c2nccc(C)n2)C1. The molecule has 0 saturated carbocycles. The summed E-state index contributed by atoms with van der Waals surface area (Å²) in [4.78, 5) is 22.3. The standard InChI is InChI=1S/C13H19N3O3/c1-10-3-5-14-13(15-10)11-9-16(6-8-19-11)12(17)4-7-18-2/h3,5,11H,4,6-9H2,1-2H3/t11-/m1/s1. The van der Waals surface area contributed by atoms with Crippen LogP contribution in [-0.2, 0) is 14.3 Å². The number of aromatic nitrogens is 2. The number of ether oxygens (including phenoxy) is 2. The highest BCUT2D eigenvalue weighted by atomic mass is 16.5. The van der Waals surface area contributed by atoms with Crippen molar-refractivity contribution in [3.8, 4) is 0 Å². The third-order valence-electron chi connectivity index (χ3n) is 3.04. The summed E-state index contributed by atoms with van der Waals surface area (Å²) in [6.45, 7) is 3.99. The molecular formula is C13H19N3O3. The number of methoxy groups -OCH3 is 1. The van der Waals surface area contributed by atoms with Gasteiger partial charge in [0.25, 0.3) is 0 Å². The Morgan fingerprint density at radius 3 is 3.21 bits per heavy atom. The highest BCUT2D eigenvalue weighted by molar-refractivity contribution is 5.76. The topological polar surface area (TPSA) is 64.5 Å². The highest BCUT2D eigenvalue weighted by Crippen LogP contribution is 2.19. The van der Waals surface area contributed by atoms with Crippen molar-refractivity contribution in [1.29, 1.82) is 0 Å². The first-order valence-corrected chi connectivity index (χ1v) is 6.38. The monoisotopic (exact) mass is 265 g/mol. The summed E-state index contributed by atoms with van der Waals surface area (Å²) in [5, 5.41) is 0. The third-order valence-corrected chi connectivity index (χ3v) is 3.04. The molecule has 19 heavy (non-hydrogen) atoms. The van der Waals surface area contributed by atoms with Crippen LogP contribution >= 0.6 is 0 Å². The molecule has 1 aromatic heterocycles. The Kier molecular flexibility index (Phi) is 4.81. The second-order valence-electron chi connectivity index (χ2n) is 4.50. The van der Waals surface area contributed by atoms with Crippen molar-refractivity contribution in [3.05, 3.63) is 23.8 Å². The number of hydrogen-bond donors (Lipinski definition) is 0. The van der Waals surface area contributed by atoms with Crippen molar-refractivity contribution in [3.63, 3.8) is 0 Å². The van der Waals surface area contributed by atoms with Gasteiger partial charge in [0.2, 0.25) is 5.91 Å². The molecule has 0 aromatic carbocycles. The van der Waals surface area contributed by atoms with E-state index in [0.717, 1.165) is 5.69 Å². The molecule has 6 heteroatoms. The summed E-state index contributed by atoms with van der Waals surface area (Å²) in [6.07, 6.45) is 1.88. The Morgan fingerprint density at radius 2 is 2.47 bits per heavy atom. The maximum Gasteiger partial charge on any atom is 0.225 e. The number of hydrogen-bond acceptors (Lipinski definition) is 5. The van der Waals surface area contributed by atoms with Crippen molar-refractivity contribution in [2.24, 2.45) is 0 Å². The van der Waals surface area contributed by atoms with Gasteiger partial charge in [0.15, 0.2) is 5.82 Å². The van der Waals surface area contributed by atoms with Gasteiger partial charge in [-0.1, -0.05) is 0 Å².